The third kappa shape index (κ3) is 2.77. The topological polar surface area (TPSA) is 64.7 Å². The highest BCUT2D eigenvalue weighted by atomic mass is 79.9. The molecule has 0 saturated carbocycles. The third-order valence-electron chi connectivity index (χ3n) is 3.28. The lowest BCUT2D eigenvalue weighted by molar-refractivity contribution is -0.116. The lowest BCUT2D eigenvalue weighted by Gasteiger charge is -2.07. The maximum atomic E-state index is 12.1. The van der Waals surface area contributed by atoms with Crippen LogP contribution in [0.1, 0.15) is 24.0 Å². The molecule has 6 nitrogen and oxygen atoms in total. The Balaban J connectivity index is 2.12. The Morgan fingerprint density at radius 2 is 2.00 bits per heavy atom. The summed E-state index contributed by atoms with van der Waals surface area (Å²) >= 11 is 3.38. The quantitative estimate of drug-likeness (QED) is 0.930. The molecule has 2 rings (SSSR count). The number of amides is 1. The summed E-state index contributed by atoms with van der Waals surface area (Å²) in [4.78, 5) is 12.1. The summed E-state index contributed by atoms with van der Waals surface area (Å²) in [6, 6.07) is 0. The van der Waals surface area contributed by atoms with Crippen molar-refractivity contribution in [2.24, 2.45) is 0 Å². The van der Waals surface area contributed by atoms with Gasteiger partial charge in [0.1, 0.15) is 6.54 Å². The van der Waals surface area contributed by atoms with Crippen LogP contribution in [0.4, 0.5) is 5.69 Å². The second-order valence-electron chi connectivity index (χ2n) is 4.65. The number of nitrogens with one attached hydrogen (secondary N) is 1. The predicted molar refractivity (Wildman–Crippen MR) is 80.7 cm³/mol. The standard InChI is InChI=1S/C13H18BrN5O/c1-5-18-10(4)13(8(2)17-18)16-12(20)7-19-9(3)11(14)6-15-19/h6H,5,7H2,1-4H3,(H,16,20). The highest BCUT2D eigenvalue weighted by Gasteiger charge is 2.14. The van der Waals surface area contributed by atoms with E-state index in [9.17, 15) is 4.79 Å². The van der Waals surface area contributed by atoms with Gasteiger partial charge in [0.2, 0.25) is 5.91 Å². The Morgan fingerprint density at radius 1 is 1.30 bits per heavy atom. The third-order valence-corrected chi connectivity index (χ3v) is 4.06. The first-order valence-electron chi connectivity index (χ1n) is 6.45. The smallest absolute Gasteiger partial charge is 0.246 e. The van der Waals surface area contributed by atoms with Crippen LogP contribution in [0.2, 0.25) is 0 Å². The van der Waals surface area contributed by atoms with E-state index < -0.39 is 0 Å². The van der Waals surface area contributed by atoms with E-state index in [0.29, 0.717) is 0 Å². The van der Waals surface area contributed by atoms with Gasteiger partial charge in [-0.1, -0.05) is 0 Å². The summed E-state index contributed by atoms with van der Waals surface area (Å²) in [6.07, 6.45) is 1.69. The van der Waals surface area contributed by atoms with Crippen LogP contribution in [-0.2, 0) is 17.9 Å². The van der Waals surface area contributed by atoms with Crippen molar-refractivity contribution in [1.82, 2.24) is 19.6 Å². The number of carbonyl (C=O) groups excluding carboxylic acids is 1. The zero-order valence-electron chi connectivity index (χ0n) is 12.1. The molecule has 0 aliphatic rings. The molecule has 2 aromatic rings. The predicted octanol–water partition coefficient (Wildman–Crippen LogP) is 2.43. The summed E-state index contributed by atoms with van der Waals surface area (Å²) in [5, 5.41) is 11.5. The van der Waals surface area contributed by atoms with E-state index in [1.165, 1.54) is 0 Å². The second kappa shape index (κ2) is 5.78. The number of rotatable bonds is 4. The molecule has 0 unspecified atom stereocenters. The van der Waals surface area contributed by atoms with Crippen molar-refractivity contribution in [2.45, 2.75) is 40.8 Å². The van der Waals surface area contributed by atoms with Gasteiger partial charge in [-0.15, -0.1) is 0 Å². The van der Waals surface area contributed by atoms with Crippen molar-refractivity contribution in [3.05, 3.63) is 27.8 Å². The van der Waals surface area contributed by atoms with Gasteiger partial charge in [-0.2, -0.15) is 10.2 Å². The van der Waals surface area contributed by atoms with Crippen LogP contribution in [0.5, 0.6) is 0 Å². The molecular weight excluding hydrogens is 322 g/mol. The van der Waals surface area contributed by atoms with Gasteiger partial charge in [0.15, 0.2) is 0 Å². The molecule has 0 aliphatic carbocycles. The minimum Gasteiger partial charge on any atom is -0.321 e. The molecule has 0 spiro atoms. The molecule has 1 N–H and O–H groups in total. The maximum absolute atomic E-state index is 12.1. The minimum absolute atomic E-state index is 0.106. The SMILES string of the molecule is CCn1nc(C)c(NC(=O)Cn2ncc(Br)c2C)c1C. The van der Waals surface area contributed by atoms with E-state index in [0.717, 1.165) is 33.8 Å². The summed E-state index contributed by atoms with van der Waals surface area (Å²) < 4.78 is 4.44. The molecule has 0 atom stereocenters. The number of hydrogen-bond acceptors (Lipinski definition) is 3. The van der Waals surface area contributed by atoms with E-state index in [1.807, 2.05) is 32.4 Å². The molecule has 2 aromatic heterocycles. The van der Waals surface area contributed by atoms with E-state index in [4.69, 9.17) is 0 Å². The van der Waals surface area contributed by atoms with Crippen LogP contribution < -0.4 is 5.32 Å². The van der Waals surface area contributed by atoms with Crippen LogP contribution in [0.25, 0.3) is 0 Å². The molecule has 0 saturated heterocycles. The van der Waals surface area contributed by atoms with Gasteiger partial charge < -0.3 is 5.32 Å². The van der Waals surface area contributed by atoms with Crippen LogP contribution in [0.3, 0.4) is 0 Å². The second-order valence-corrected chi connectivity index (χ2v) is 5.50. The Hall–Kier alpha value is -1.63. The van der Waals surface area contributed by atoms with Crippen LogP contribution in [0, 0.1) is 20.8 Å². The summed E-state index contributed by atoms with van der Waals surface area (Å²) in [5.74, 6) is -0.106. The van der Waals surface area contributed by atoms with Gasteiger partial charge in [0.05, 0.1) is 33.4 Å². The number of aromatic nitrogens is 4. The molecule has 0 aromatic carbocycles. The van der Waals surface area contributed by atoms with Crippen molar-refractivity contribution in [3.8, 4) is 0 Å². The van der Waals surface area contributed by atoms with Crippen molar-refractivity contribution >= 4 is 27.5 Å². The van der Waals surface area contributed by atoms with Gasteiger partial charge in [-0.05, 0) is 43.6 Å². The summed E-state index contributed by atoms with van der Waals surface area (Å²) in [7, 11) is 0. The number of halogens is 1. The first-order valence-corrected chi connectivity index (χ1v) is 7.25. The Morgan fingerprint density at radius 3 is 2.50 bits per heavy atom. The van der Waals surface area contributed by atoms with E-state index >= 15 is 0 Å². The number of hydrogen-bond donors (Lipinski definition) is 1. The average Bonchev–Trinajstić information content (AvgIpc) is 2.86. The van der Waals surface area contributed by atoms with Crippen LogP contribution >= 0.6 is 15.9 Å². The van der Waals surface area contributed by atoms with Crippen LogP contribution in [0.15, 0.2) is 10.7 Å². The van der Waals surface area contributed by atoms with Gasteiger partial charge >= 0.3 is 0 Å². The monoisotopic (exact) mass is 339 g/mol. The largest absolute Gasteiger partial charge is 0.321 e. The lowest BCUT2D eigenvalue weighted by atomic mass is 10.3. The Labute approximate surface area is 126 Å². The fourth-order valence-corrected chi connectivity index (χ4v) is 2.38. The highest BCUT2D eigenvalue weighted by molar-refractivity contribution is 9.10. The number of aryl methyl sites for hydroxylation is 2. The molecule has 0 radical (unpaired) electrons. The molecule has 0 aliphatic heterocycles. The molecule has 108 valence electrons. The van der Waals surface area contributed by atoms with Crippen molar-refractivity contribution < 1.29 is 4.79 Å². The number of nitrogens with zero attached hydrogens (tertiary/aromatic N) is 4. The summed E-state index contributed by atoms with van der Waals surface area (Å²) in [5.41, 5.74) is 3.52. The molecule has 7 heteroatoms. The van der Waals surface area contributed by atoms with Crippen molar-refractivity contribution in [3.63, 3.8) is 0 Å². The average molecular weight is 340 g/mol. The van der Waals surface area contributed by atoms with Gasteiger partial charge in [0, 0.05) is 6.54 Å². The maximum Gasteiger partial charge on any atom is 0.246 e. The molecule has 0 bridgehead atoms. The molecule has 20 heavy (non-hydrogen) atoms. The van der Waals surface area contributed by atoms with Gasteiger partial charge in [0.25, 0.3) is 0 Å². The van der Waals surface area contributed by atoms with E-state index in [-0.39, 0.29) is 12.5 Å². The Kier molecular flexibility index (Phi) is 4.27. The zero-order valence-corrected chi connectivity index (χ0v) is 13.7. The first kappa shape index (κ1) is 14.8. The summed E-state index contributed by atoms with van der Waals surface area (Å²) in [6.45, 7) is 8.76. The molecular formula is C13H18BrN5O. The van der Waals surface area contributed by atoms with Crippen LogP contribution in [-0.4, -0.2) is 25.5 Å². The van der Waals surface area contributed by atoms with Crippen molar-refractivity contribution in [2.75, 3.05) is 5.32 Å². The van der Waals surface area contributed by atoms with Gasteiger partial charge in [-0.25, -0.2) is 0 Å². The Bertz CT molecular complexity index is 643. The number of anilines is 1. The van der Waals surface area contributed by atoms with Crippen molar-refractivity contribution in [1.29, 1.82) is 0 Å². The fourth-order valence-electron chi connectivity index (χ4n) is 2.08. The molecule has 1 amide bonds. The van der Waals surface area contributed by atoms with E-state index in [2.05, 4.69) is 31.4 Å². The first-order chi connectivity index (χ1) is 9.43. The normalized spacial score (nSPS) is 10.8. The van der Waals surface area contributed by atoms with Gasteiger partial charge in [-0.3, -0.25) is 14.2 Å². The minimum atomic E-state index is -0.106. The zero-order chi connectivity index (χ0) is 14.9. The highest BCUT2D eigenvalue weighted by Crippen LogP contribution is 2.19. The fraction of sp³-hybridized carbons (Fsp3) is 0.462. The van der Waals surface area contributed by atoms with E-state index in [1.54, 1.807) is 10.9 Å². The number of carbonyl (C=O) groups is 1. The lowest BCUT2D eigenvalue weighted by Crippen LogP contribution is -2.21. The molecule has 0 fully saturated rings. The molecule has 2 heterocycles.